The highest BCUT2D eigenvalue weighted by atomic mass is 35.5. The summed E-state index contributed by atoms with van der Waals surface area (Å²) >= 11 is 7.20. The highest BCUT2D eigenvalue weighted by Crippen LogP contribution is 2.24. The molecule has 0 heterocycles. The minimum absolute atomic E-state index is 0.00284. The number of hydrogen-bond donors (Lipinski definition) is 1. The number of amides is 2. The Morgan fingerprint density at radius 2 is 1.83 bits per heavy atom. The van der Waals surface area contributed by atoms with Gasteiger partial charge in [0.1, 0.15) is 17.7 Å². The fourth-order valence-corrected chi connectivity index (χ4v) is 3.96. The first kappa shape index (κ1) is 23.2. The van der Waals surface area contributed by atoms with E-state index in [1.54, 1.807) is 38.1 Å². The molecule has 0 saturated carbocycles. The number of nitrogens with one attached hydrogen (secondary N) is 1. The second kappa shape index (κ2) is 11.2. The lowest BCUT2D eigenvalue weighted by Crippen LogP contribution is -2.48. The molecular weight excluding hydrogens is 418 g/mol. The molecular formula is C21H23ClF2N2O2S. The van der Waals surface area contributed by atoms with Crippen molar-refractivity contribution in [2.75, 3.05) is 12.3 Å². The van der Waals surface area contributed by atoms with Gasteiger partial charge in [0.15, 0.2) is 0 Å². The molecule has 0 fully saturated rings. The molecule has 0 bridgehead atoms. The van der Waals surface area contributed by atoms with E-state index in [1.165, 1.54) is 34.9 Å². The molecule has 0 saturated heterocycles. The van der Waals surface area contributed by atoms with Gasteiger partial charge in [0.25, 0.3) is 0 Å². The van der Waals surface area contributed by atoms with E-state index in [-0.39, 0.29) is 29.9 Å². The zero-order chi connectivity index (χ0) is 21.4. The van der Waals surface area contributed by atoms with Crippen LogP contribution in [0.2, 0.25) is 5.02 Å². The Morgan fingerprint density at radius 1 is 1.14 bits per heavy atom. The van der Waals surface area contributed by atoms with Gasteiger partial charge in [-0.15, -0.1) is 11.8 Å². The van der Waals surface area contributed by atoms with Crippen molar-refractivity contribution in [2.45, 2.75) is 32.2 Å². The van der Waals surface area contributed by atoms with E-state index in [0.29, 0.717) is 22.7 Å². The number of carbonyl (C=O) groups excluding carboxylic acids is 2. The second-order valence-corrected chi connectivity index (χ2v) is 7.77. The normalized spacial score (nSPS) is 11.8. The monoisotopic (exact) mass is 440 g/mol. The van der Waals surface area contributed by atoms with Crippen LogP contribution >= 0.6 is 23.4 Å². The number of halogens is 3. The number of carbonyl (C=O) groups is 2. The molecule has 2 aromatic rings. The van der Waals surface area contributed by atoms with Gasteiger partial charge in [-0.05, 0) is 32.0 Å². The van der Waals surface area contributed by atoms with Crippen LogP contribution in [0.15, 0.2) is 42.5 Å². The van der Waals surface area contributed by atoms with Crippen molar-refractivity contribution in [3.8, 4) is 0 Å². The minimum atomic E-state index is -0.778. The fraction of sp³-hybridized carbons (Fsp3) is 0.333. The Labute approximate surface area is 178 Å². The van der Waals surface area contributed by atoms with E-state index < -0.39 is 17.7 Å². The van der Waals surface area contributed by atoms with E-state index in [9.17, 15) is 18.4 Å². The van der Waals surface area contributed by atoms with Gasteiger partial charge in [0, 0.05) is 35.0 Å². The smallest absolute Gasteiger partial charge is 0.242 e. The molecule has 1 N–H and O–H groups in total. The maximum absolute atomic E-state index is 14.1. The first-order valence-electron chi connectivity index (χ1n) is 9.16. The van der Waals surface area contributed by atoms with Crippen molar-refractivity contribution in [1.29, 1.82) is 0 Å². The number of nitrogens with zero attached hydrogens (tertiary/aromatic N) is 1. The SMILES string of the molecule is CCNC(=O)[C@@H](C)N(Cc1ccccc1F)C(=O)CSCc1c(F)cccc1Cl. The molecule has 4 nitrogen and oxygen atoms in total. The summed E-state index contributed by atoms with van der Waals surface area (Å²) < 4.78 is 28.0. The largest absolute Gasteiger partial charge is 0.355 e. The molecule has 0 aliphatic heterocycles. The highest BCUT2D eigenvalue weighted by Gasteiger charge is 2.26. The first-order valence-corrected chi connectivity index (χ1v) is 10.7. The second-order valence-electron chi connectivity index (χ2n) is 6.38. The Morgan fingerprint density at radius 3 is 2.48 bits per heavy atom. The fourth-order valence-electron chi connectivity index (χ4n) is 2.71. The molecule has 0 spiro atoms. The summed E-state index contributed by atoms with van der Waals surface area (Å²) in [5, 5.41) is 2.97. The summed E-state index contributed by atoms with van der Waals surface area (Å²) in [6.07, 6.45) is 0. The molecule has 0 radical (unpaired) electrons. The van der Waals surface area contributed by atoms with E-state index in [0.717, 1.165) is 0 Å². The Balaban J connectivity index is 2.11. The summed E-state index contributed by atoms with van der Waals surface area (Å²) in [5.41, 5.74) is 0.642. The van der Waals surface area contributed by atoms with Crippen LogP contribution in [0.25, 0.3) is 0 Å². The van der Waals surface area contributed by atoms with Gasteiger partial charge in [-0.2, -0.15) is 0 Å². The van der Waals surface area contributed by atoms with Crippen molar-refractivity contribution in [3.63, 3.8) is 0 Å². The molecule has 8 heteroatoms. The Kier molecular flexibility index (Phi) is 8.92. The molecule has 1 atom stereocenters. The number of hydrogen-bond acceptors (Lipinski definition) is 3. The number of thioether (sulfide) groups is 1. The topological polar surface area (TPSA) is 49.4 Å². The lowest BCUT2D eigenvalue weighted by atomic mass is 10.1. The van der Waals surface area contributed by atoms with E-state index >= 15 is 0 Å². The van der Waals surface area contributed by atoms with Gasteiger partial charge in [-0.1, -0.05) is 35.9 Å². The average molecular weight is 441 g/mol. The summed E-state index contributed by atoms with van der Waals surface area (Å²) in [6, 6.07) is 9.76. The molecule has 29 heavy (non-hydrogen) atoms. The van der Waals surface area contributed by atoms with Crippen LogP contribution in [-0.2, 0) is 21.9 Å². The molecule has 2 aromatic carbocycles. The van der Waals surface area contributed by atoms with Crippen molar-refractivity contribution in [2.24, 2.45) is 0 Å². The third kappa shape index (κ3) is 6.44. The third-order valence-corrected chi connectivity index (χ3v) is 5.65. The highest BCUT2D eigenvalue weighted by molar-refractivity contribution is 7.99. The van der Waals surface area contributed by atoms with E-state index in [4.69, 9.17) is 11.6 Å². The molecule has 0 aliphatic rings. The number of benzene rings is 2. The summed E-state index contributed by atoms with van der Waals surface area (Å²) in [5.74, 6) is -1.33. The van der Waals surface area contributed by atoms with Crippen molar-refractivity contribution >= 4 is 35.2 Å². The maximum atomic E-state index is 14.1. The Bertz CT molecular complexity index is 846. The van der Waals surface area contributed by atoms with Crippen LogP contribution in [0, 0.1) is 11.6 Å². The zero-order valence-corrected chi connectivity index (χ0v) is 17.8. The van der Waals surface area contributed by atoms with Gasteiger partial charge in [-0.3, -0.25) is 9.59 Å². The molecule has 156 valence electrons. The van der Waals surface area contributed by atoms with Gasteiger partial charge >= 0.3 is 0 Å². The van der Waals surface area contributed by atoms with Crippen molar-refractivity contribution < 1.29 is 18.4 Å². The van der Waals surface area contributed by atoms with Gasteiger partial charge < -0.3 is 10.2 Å². The molecule has 0 unspecified atom stereocenters. The lowest BCUT2D eigenvalue weighted by molar-refractivity contribution is -0.138. The van der Waals surface area contributed by atoms with Crippen LogP contribution in [0.4, 0.5) is 8.78 Å². The maximum Gasteiger partial charge on any atom is 0.242 e. The van der Waals surface area contributed by atoms with Crippen molar-refractivity contribution in [3.05, 3.63) is 70.2 Å². The van der Waals surface area contributed by atoms with Crippen LogP contribution in [0.5, 0.6) is 0 Å². The first-order chi connectivity index (χ1) is 13.8. The molecule has 0 aliphatic carbocycles. The van der Waals surface area contributed by atoms with E-state index in [1.807, 2.05) is 0 Å². The van der Waals surface area contributed by atoms with Crippen LogP contribution in [-0.4, -0.2) is 35.1 Å². The molecule has 2 amide bonds. The average Bonchev–Trinajstić information content (AvgIpc) is 2.69. The predicted molar refractivity (Wildman–Crippen MR) is 113 cm³/mol. The van der Waals surface area contributed by atoms with Crippen LogP contribution in [0.3, 0.4) is 0 Å². The molecule has 2 rings (SSSR count). The third-order valence-electron chi connectivity index (χ3n) is 4.35. The number of rotatable bonds is 9. The zero-order valence-electron chi connectivity index (χ0n) is 16.3. The van der Waals surface area contributed by atoms with Crippen LogP contribution in [0.1, 0.15) is 25.0 Å². The quantitative estimate of drug-likeness (QED) is 0.628. The Hall–Kier alpha value is -2.12. The predicted octanol–water partition coefficient (Wildman–Crippen LogP) is 4.40. The minimum Gasteiger partial charge on any atom is -0.355 e. The standard InChI is InChI=1S/C21H23ClF2N2O2S/c1-3-25-21(28)14(2)26(11-15-7-4-5-9-18(15)23)20(27)13-29-12-16-17(22)8-6-10-19(16)24/h4-10,14H,3,11-13H2,1-2H3,(H,25,28)/t14-/m1/s1. The summed E-state index contributed by atoms with van der Waals surface area (Å²) in [6.45, 7) is 3.76. The van der Waals surface area contributed by atoms with Gasteiger partial charge in [0.05, 0.1) is 5.75 Å². The lowest BCUT2D eigenvalue weighted by Gasteiger charge is -2.28. The summed E-state index contributed by atoms with van der Waals surface area (Å²) in [4.78, 5) is 26.5. The molecule has 0 aromatic heterocycles. The van der Waals surface area contributed by atoms with Crippen molar-refractivity contribution in [1.82, 2.24) is 10.2 Å². The van der Waals surface area contributed by atoms with Gasteiger partial charge in [-0.25, -0.2) is 8.78 Å². The van der Waals surface area contributed by atoms with Crippen LogP contribution < -0.4 is 5.32 Å². The van der Waals surface area contributed by atoms with Gasteiger partial charge in [0.2, 0.25) is 11.8 Å². The van der Waals surface area contributed by atoms with E-state index in [2.05, 4.69) is 5.32 Å². The number of likely N-dealkylation sites (N-methyl/N-ethyl adjacent to an activating group) is 1. The summed E-state index contributed by atoms with van der Waals surface area (Å²) in [7, 11) is 0.